The molecule has 0 bridgehead atoms. The van der Waals surface area contributed by atoms with Crippen LogP contribution >= 0.6 is 0 Å². The van der Waals surface area contributed by atoms with E-state index in [4.69, 9.17) is 5.73 Å². The Kier molecular flexibility index (Phi) is 4.46. The summed E-state index contributed by atoms with van der Waals surface area (Å²) in [6.07, 6.45) is 0. The minimum Gasteiger partial charge on any atom is -0.370 e. The topological polar surface area (TPSA) is 29.3 Å². The van der Waals surface area contributed by atoms with Crippen molar-refractivity contribution in [2.75, 3.05) is 11.9 Å². The summed E-state index contributed by atoms with van der Waals surface area (Å²) >= 11 is 0. The first-order chi connectivity index (χ1) is 9.51. The molecule has 0 aliphatic rings. The van der Waals surface area contributed by atoms with Gasteiger partial charge >= 0.3 is 0 Å². The molecule has 0 amide bonds. The molecule has 0 atom stereocenters. The van der Waals surface area contributed by atoms with E-state index in [9.17, 15) is 0 Å². The lowest BCUT2D eigenvalue weighted by atomic mass is 10.0. The van der Waals surface area contributed by atoms with Crippen LogP contribution in [0.15, 0.2) is 36.4 Å². The van der Waals surface area contributed by atoms with Gasteiger partial charge in [0.05, 0.1) is 0 Å². The van der Waals surface area contributed by atoms with Crippen LogP contribution in [0, 0.1) is 20.8 Å². The van der Waals surface area contributed by atoms with Crippen LogP contribution in [0.1, 0.15) is 27.8 Å². The van der Waals surface area contributed by atoms with E-state index >= 15 is 0 Å². The Bertz CT molecular complexity index is 579. The van der Waals surface area contributed by atoms with Gasteiger partial charge in [-0.3, -0.25) is 0 Å². The van der Waals surface area contributed by atoms with E-state index in [-0.39, 0.29) is 0 Å². The normalized spacial score (nSPS) is 10.7. The van der Waals surface area contributed by atoms with E-state index in [0.29, 0.717) is 6.54 Å². The zero-order chi connectivity index (χ0) is 14.7. The average molecular weight is 268 g/mol. The number of benzene rings is 2. The van der Waals surface area contributed by atoms with E-state index in [0.717, 1.165) is 6.54 Å². The number of hydrogen-bond donors (Lipinski definition) is 1. The molecule has 0 spiro atoms. The number of rotatable bonds is 4. The van der Waals surface area contributed by atoms with Crippen LogP contribution < -0.4 is 10.6 Å². The van der Waals surface area contributed by atoms with Crippen molar-refractivity contribution in [1.29, 1.82) is 0 Å². The highest BCUT2D eigenvalue weighted by atomic mass is 15.1. The van der Waals surface area contributed by atoms with Crippen molar-refractivity contribution in [3.05, 3.63) is 64.2 Å². The molecule has 2 rings (SSSR count). The zero-order valence-corrected chi connectivity index (χ0v) is 12.9. The summed E-state index contributed by atoms with van der Waals surface area (Å²) in [5.41, 5.74) is 13.5. The fraction of sp³-hybridized carbons (Fsp3) is 0.333. The predicted molar refractivity (Wildman–Crippen MR) is 87.1 cm³/mol. The Morgan fingerprint density at radius 1 is 0.950 bits per heavy atom. The van der Waals surface area contributed by atoms with Gasteiger partial charge in [-0.1, -0.05) is 42.0 Å². The Morgan fingerprint density at radius 3 is 2.15 bits per heavy atom. The highest BCUT2D eigenvalue weighted by molar-refractivity contribution is 5.60. The van der Waals surface area contributed by atoms with Gasteiger partial charge in [-0.05, 0) is 43.0 Å². The minimum atomic E-state index is 0.597. The summed E-state index contributed by atoms with van der Waals surface area (Å²) < 4.78 is 0. The molecule has 0 radical (unpaired) electrons. The number of nitrogens with zero attached hydrogens (tertiary/aromatic N) is 1. The van der Waals surface area contributed by atoms with Gasteiger partial charge in [-0.15, -0.1) is 0 Å². The number of anilines is 1. The summed E-state index contributed by atoms with van der Waals surface area (Å²) in [6.45, 7) is 8.01. The molecule has 20 heavy (non-hydrogen) atoms. The van der Waals surface area contributed by atoms with Gasteiger partial charge in [0, 0.05) is 25.8 Å². The van der Waals surface area contributed by atoms with Gasteiger partial charge in [0.1, 0.15) is 0 Å². The van der Waals surface area contributed by atoms with Crippen LogP contribution in [0.2, 0.25) is 0 Å². The molecule has 0 aliphatic heterocycles. The molecule has 0 aliphatic carbocycles. The van der Waals surface area contributed by atoms with E-state index in [1.165, 1.54) is 33.5 Å². The molecule has 2 N–H and O–H groups in total. The van der Waals surface area contributed by atoms with Gasteiger partial charge in [0.25, 0.3) is 0 Å². The predicted octanol–water partition coefficient (Wildman–Crippen LogP) is 3.71. The first-order valence-electron chi connectivity index (χ1n) is 7.08. The maximum atomic E-state index is 5.71. The number of nitrogens with two attached hydrogens (primary N) is 1. The third-order valence-corrected chi connectivity index (χ3v) is 3.66. The highest BCUT2D eigenvalue weighted by Crippen LogP contribution is 2.26. The second-order valence-electron chi connectivity index (χ2n) is 5.63. The fourth-order valence-electron chi connectivity index (χ4n) is 2.98. The van der Waals surface area contributed by atoms with Gasteiger partial charge in [-0.2, -0.15) is 0 Å². The van der Waals surface area contributed by atoms with Crippen LogP contribution in [0.25, 0.3) is 0 Å². The Labute approximate surface area is 122 Å². The number of aryl methyl sites for hydroxylation is 3. The summed E-state index contributed by atoms with van der Waals surface area (Å²) in [5, 5.41) is 0. The van der Waals surface area contributed by atoms with Crippen molar-refractivity contribution < 1.29 is 0 Å². The smallest absolute Gasteiger partial charge is 0.0426 e. The van der Waals surface area contributed by atoms with Crippen LogP contribution in [0.4, 0.5) is 5.69 Å². The Morgan fingerprint density at radius 2 is 1.55 bits per heavy atom. The van der Waals surface area contributed by atoms with Gasteiger partial charge in [0.2, 0.25) is 0 Å². The standard InChI is InChI=1S/C18H24N2/c1-13-8-14(2)18(15(3)9-13)20(4)12-17-7-5-6-16(10-17)11-19/h5-10H,11-12,19H2,1-4H3. The van der Waals surface area contributed by atoms with E-state index in [1.807, 2.05) is 0 Å². The van der Waals surface area contributed by atoms with Crippen LogP contribution in [0.5, 0.6) is 0 Å². The van der Waals surface area contributed by atoms with Crippen molar-refractivity contribution in [2.45, 2.75) is 33.9 Å². The molecule has 0 saturated heterocycles. The summed E-state index contributed by atoms with van der Waals surface area (Å²) in [6, 6.07) is 13.0. The Balaban J connectivity index is 2.26. The largest absolute Gasteiger partial charge is 0.370 e. The molecule has 106 valence electrons. The van der Waals surface area contributed by atoms with Gasteiger partial charge in [-0.25, -0.2) is 0 Å². The van der Waals surface area contributed by atoms with E-state index < -0.39 is 0 Å². The monoisotopic (exact) mass is 268 g/mol. The molecule has 0 unspecified atom stereocenters. The first-order valence-corrected chi connectivity index (χ1v) is 7.08. The molecule has 0 aromatic heterocycles. The molecule has 2 nitrogen and oxygen atoms in total. The lowest BCUT2D eigenvalue weighted by Gasteiger charge is -2.24. The molecule has 2 aromatic rings. The first kappa shape index (κ1) is 14.6. The maximum Gasteiger partial charge on any atom is 0.0426 e. The third kappa shape index (κ3) is 3.20. The minimum absolute atomic E-state index is 0.597. The SMILES string of the molecule is Cc1cc(C)c(N(C)Cc2cccc(CN)c2)c(C)c1. The third-order valence-electron chi connectivity index (χ3n) is 3.66. The fourth-order valence-corrected chi connectivity index (χ4v) is 2.98. The van der Waals surface area contributed by atoms with Gasteiger partial charge in [0.15, 0.2) is 0 Å². The van der Waals surface area contributed by atoms with Gasteiger partial charge < -0.3 is 10.6 Å². The summed E-state index contributed by atoms with van der Waals surface area (Å²) in [7, 11) is 2.15. The lowest BCUT2D eigenvalue weighted by Crippen LogP contribution is -2.19. The van der Waals surface area contributed by atoms with E-state index in [2.05, 4.69) is 69.1 Å². The van der Waals surface area contributed by atoms with Crippen molar-refractivity contribution in [3.8, 4) is 0 Å². The van der Waals surface area contributed by atoms with Crippen molar-refractivity contribution in [2.24, 2.45) is 5.73 Å². The van der Waals surface area contributed by atoms with Crippen molar-refractivity contribution in [1.82, 2.24) is 0 Å². The molecule has 2 aromatic carbocycles. The molecular formula is C18H24N2. The maximum absolute atomic E-state index is 5.71. The lowest BCUT2D eigenvalue weighted by molar-refractivity contribution is 0.905. The molecule has 0 heterocycles. The van der Waals surface area contributed by atoms with Crippen molar-refractivity contribution >= 4 is 5.69 Å². The average Bonchev–Trinajstić information content (AvgIpc) is 2.37. The summed E-state index contributed by atoms with van der Waals surface area (Å²) in [4.78, 5) is 2.32. The highest BCUT2D eigenvalue weighted by Gasteiger charge is 2.09. The molecule has 2 heteroatoms. The van der Waals surface area contributed by atoms with Crippen LogP contribution in [0.3, 0.4) is 0 Å². The second-order valence-corrected chi connectivity index (χ2v) is 5.63. The Hall–Kier alpha value is -1.80. The quantitative estimate of drug-likeness (QED) is 0.916. The number of hydrogen-bond acceptors (Lipinski definition) is 2. The van der Waals surface area contributed by atoms with E-state index in [1.54, 1.807) is 0 Å². The molecule has 0 saturated carbocycles. The van der Waals surface area contributed by atoms with Crippen molar-refractivity contribution in [3.63, 3.8) is 0 Å². The molecular weight excluding hydrogens is 244 g/mol. The van der Waals surface area contributed by atoms with Crippen LogP contribution in [-0.4, -0.2) is 7.05 Å². The molecule has 0 fully saturated rings. The second kappa shape index (κ2) is 6.10. The van der Waals surface area contributed by atoms with Crippen LogP contribution in [-0.2, 0) is 13.1 Å². The summed E-state index contributed by atoms with van der Waals surface area (Å²) in [5.74, 6) is 0. The zero-order valence-electron chi connectivity index (χ0n) is 12.9.